The molecule has 0 bridgehead atoms. The van der Waals surface area contributed by atoms with Crippen molar-refractivity contribution in [3.8, 4) is 0 Å². The zero-order chi connectivity index (χ0) is 9.35. The Morgan fingerprint density at radius 2 is 1.92 bits per heavy atom. The lowest BCUT2D eigenvalue weighted by Crippen LogP contribution is -2.10. The molecule has 0 nitrogen and oxygen atoms in total. The Kier molecular flexibility index (Phi) is 2.89. The highest BCUT2D eigenvalue weighted by molar-refractivity contribution is 8.00. The Morgan fingerprint density at radius 3 is 2.17 bits per heavy atom. The predicted molar refractivity (Wildman–Crippen MR) is 59.5 cm³/mol. The molecule has 0 aromatic carbocycles. The molecule has 0 saturated heterocycles. The van der Waals surface area contributed by atoms with Crippen molar-refractivity contribution in [3.05, 3.63) is 16.5 Å². The van der Waals surface area contributed by atoms with Crippen molar-refractivity contribution in [2.75, 3.05) is 6.26 Å². The predicted octanol–water partition coefficient (Wildman–Crippen LogP) is 4.08. The van der Waals surface area contributed by atoms with Gasteiger partial charge < -0.3 is 0 Å². The summed E-state index contributed by atoms with van der Waals surface area (Å²) < 4.78 is 1.43. The molecule has 0 unspecified atom stereocenters. The monoisotopic (exact) mass is 200 g/mol. The minimum Gasteiger partial charge on any atom is -0.134 e. The van der Waals surface area contributed by atoms with Crippen molar-refractivity contribution >= 4 is 23.1 Å². The molecule has 0 saturated carbocycles. The number of hydrogen-bond acceptors (Lipinski definition) is 2. The van der Waals surface area contributed by atoms with Crippen molar-refractivity contribution in [3.63, 3.8) is 0 Å². The molecule has 2 heteroatoms. The Morgan fingerprint density at radius 1 is 1.33 bits per heavy atom. The molecule has 0 N–H and O–H groups in total. The Bertz CT molecular complexity index is 266. The lowest BCUT2D eigenvalue weighted by molar-refractivity contribution is 0.588. The third-order valence-electron chi connectivity index (χ3n) is 1.90. The van der Waals surface area contributed by atoms with Crippen LogP contribution in [0.25, 0.3) is 0 Å². The summed E-state index contributed by atoms with van der Waals surface area (Å²) in [4.78, 5) is 1.46. The molecule has 1 aromatic heterocycles. The summed E-state index contributed by atoms with van der Waals surface area (Å²) in [6.07, 6.45) is 2.14. The van der Waals surface area contributed by atoms with E-state index in [1.165, 1.54) is 14.6 Å². The minimum absolute atomic E-state index is 0.300. The van der Waals surface area contributed by atoms with E-state index in [0.717, 1.165) is 0 Å². The molecule has 0 atom stereocenters. The number of thioether (sulfide) groups is 1. The van der Waals surface area contributed by atoms with Gasteiger partial charge in [0.05, 0.1) is 4.21 Å². The highest BCUT2D eigenvalue weighted by Gasteiger charge is 2.18. The van der Waals surface area contributed by atoms with E-state index in [-0.39, 0.29) is 0 Å². The first-order valence-corrected chi connectivity index (χ1v) is 6.14. The molecule has 0 spiro atoms. The molecule has 1 rings (SSSR count). The fourth-order valence-corrected chi connectivity index (χ4v) is 3.20. The van der Waals surface area contributed by atoms with E-state index in [9.17, 15) is 0 Å². The van der Waals surface area contributed by atoms with Gasteiger partial charge in [-0.2, -0.15) is 0 Å². The van der Waals surface area contributed by atoms with E-state index in [4.69, 9.17) is 0 Å². The summed E-state index contributed by atoms with van der Waals surface area (Å²) in [5, 5.41) is 0. The van der Waals surface area contributed by atoms with Gasteiger partial charge in [0.15, 0.2) is 0 Å². The normalized spacial score (nSPS) is 12.1. The molecule has 12 heavy (non-hydrogen) atoms. The maximum absolute atomic E-state index is 2.32. The van der Waals surface area contributed by atoms with Crippen molar-refractivity contribution in [2.24, 2.45) is 0 Å². The third kappa shape index (κ3) is 2.05. The van der Waals surface area contributed by atoms with Crippen LogP contribution in [0, 0.1) is 6.92 Å². The summed E-state index contributed by atoms with van der Waals surface area (Å²) >= 11 is 3.74. The third-order valence-corrected chi connectivity index (χ3v) is 4.02. The van der Waals surface area contributed by atoms with Gasteiger partial charge in [-0.15, -0.1) is 23.1 Å². The average molecular weight is 200 g/mol. The van der Waals surface area contributed by atoms with E-state index in [1.807, 2.05) is 23.1 Å². The van der Waals surface area contributed by atoms with Gasteiger partial charge in [-0.05, 0) is 30.2 Å². The highest BCUT2D eigenvalue weighted by Crippen LogP contribution is 2.35. The fraction of sp³-hybridized carbons (Fsp3) is 0.600. The lowest BCUT2D eigenvalue weighted by Gasteiger charge is -2.17. The van der Waals surface area contributed by atoms with Crippen molar-refractivity contribution in [1.29, 1.82) is 0 Å². The molecule has 0 amide bonds. The van der Waals surface area contributed by atoms with E-state index in [0.29, 0.717) is 5.41 Å². The molecule has 0 radical (unpaired) electrons. The van der Waals surface area contributed by atoms with Crippen molar-refractivity contribution in [1.82, 2.24) is 0 Å². The molecule has 0 aliphatic carbocycles. The standard InChI is InChI=1S/C10H16S2/c1-7-8(10(2,3)4)6-9(11-5)12-7/h6H,1-5H3. The summed E-state index contributed by atoms with van der Waals surface area (Å²) in [5.41, 5.74) is 1.80. The number of aryl methyl sites for hydroxylation is 1. The molecule has 0 aliphatic heterocycles. The largest absolute Gasteiger partial charge is 0.134 e. The first-order valence-electron chi connectivity index (χ1n) is 4.10. The maximum atomic E-state index is 2.32. The van der Waals surface area contributed by atoms with Gasteiger partial charge in [-0.25, -0.2) is 0 Å². The fourth-order valence-electron chi connectivity index (χ4n) is 1.30. The minimum atomic E-state index is 0.300. The van der Waals surface area contributed by atoms with Gasteiger partial charge >= 0.3 is 0 Å². The molecule has 0 aliphatic rings. The van der Waals surface area contributed by atoms with E-state index in [1.54, 1.807) is 0 Å². The Balaban J connectivity index is 3.08. The van der Waals surface area contributed by atoms with Crippen LogP contribution in [0.2, 0.25) is 0 Å². The van der Waals surface area contributed by atoms with Crippen LogP contribution in [0.5, 0.6) is 0 Å². The van der Waals surface area contributed by atoms with Gasteiger partial charge in [-0.3, -0.25) is 0 Å². The second-order valence-electron chi connectivity index (χ2n) is 3.99. The van der Waals surface area contributed by atoms with Gasteiger partial charge in [0.25, 0.3) is 0 Å². The summed E-state index contributed by atoms with van der Waals surface area (Å²) in [6.45, 7) is 9.02. The van der Waals surface area contributed by atoms with Crippen LogP contribution in [0.15, 0.2) is 10.3 Å². The topological polar surface area (TPSA) is 0 Å². The van der Waals surface area contributed by atoms with E-state index in [2.05, 4.69) is 40.0 Å². The van der Waals surface area contributed by atoms with Gasteiger partial charge in [0.1, 0.15) is 0 Å². The quantitative estimate of drug-likeness (QED) is 0.616. The van der Waals surface area contributed by atoms with Gasteiger partial charge in [0, 0.05) is 4.88 Å². The average Bonchev–Trinajstić information content (AvgIpc) is 2.29. The number of hydrogen-bond donors (Lipinski definition) is 0. The maximum Gasteiger partial charge on any atom is 0.0601 e. The van der Waals surface area contributed by atoms with Gasteiger partial charge in [0.2, 0.25) is 0 Å². The van der Waals surface area contributed by atoms with E-state index < -0.39 is 0 Å². The highest BCUT2D eigenvalue weighted by atomic mass is 32.2. The van der Waals surface area contributed by atoms with E-state index >= 15 is 0 Å². The van der Waals surface area contributed by atoms with Crippen LogP contribution in [0.4, 0.5) is 0 Å². The second kappa shape index (κ2) is 3.43. The van der Waals surface area contributed by atoms with Gasteiger partial charge in [-0.1, -0.05) is 20.8 Å². The van der Waals surface area contributed by atoms with Crippen molar-refractivity contribution in [2.45, 2.75) is 37.3 Å². The summed E-state index contributed by atoms with van der Waals surface area (Å²) in [7, 11) is 0. The Labute approximate surface area is 83.4 Å². The summed E-state index contributed by atoms with van der Waals surface area (Å²) in [5.74, 6) is 0. The lowest BCUT2D eigenvalue weighted by atomic mass is 9.88. The van der Waals surface area contributed by atoms with Crippen LogP contribution in [-0.4, -0.2) is 6.26 Å². The SMILES string of the molecule is CSc1cc(C(C)(C)C)c(C)s1. The summed E-state index contributed by atoms with van der Waals surface area (Å²) in [6, 6.07) is 2.32. The molecule has 68 valence electrons. The zero-order valence-electron chi connectivity index (χ0n) is 8.39. The molecular formula is C10H16S2. The van der Waals surface area contributed by atoms with Crippen LogP contribution < -0.4 is 0 Å². The van der Waals surface area contributed by atoms with Crippen LogP contribution >= 0.6 is 23.1 Å². The number of thiophene rings is 1. The first-order chi connectivity index (χ1) is 5.45. The Hall–Kier alpha value is 0.0500. The molecule has 1 heterocycles. The van der Waals surface area contributed by atoms with Crippen LogP contribution in [0.3, 0.4) is 0 Å². The van der Waals surface area contributed by atoms with Crippen LogP contribution in [-0.2, 0) is 5.41 Å². The van der Waals surface area contributed by atoms with Crippen molar-refractivity contribution < 1.29 is 0 Å². The second-order valence-corrected chi connectivity index (χ2v) is 6.35. The molecule has 0 fully saturated rings. The van der Waals surface area contributed by atoms with Crippen LogP contribution in [0.1, 0.15) is 31.2 Å². The molecule has 1 aromatic rings. The number of rotatable bonds is 1. The molecular weight excluding hydrogens is 184 g/mol. The first kappa shape index (κ1) is 10.1. The zero-order valence-corrected chi connectivity index (χ0v) is 10.0. The smallest absolute Gasteiger partial charge is 0.0601 e.